The van der Waals surface area contributed by atoms with Gasteiger partial charge in [-0.15, -0.1) is 0 Å². The Morgan fingerprint density at radius 3 is 2.75 bits per heavy atom. The van der Waals surface area contributed by atoms with Crippen LogP contribution < -0.4 is 10.2 Å². The molecule has 1 aromatic heterocycles. The number of nitrogens with one attached hydrogen (secondary N) is 1. The summed E-state index contributed by atoms with van der Waals surface area (Å²) >= 11 is 0. The van der Waals surface area contributed by atoms with Crippen molar-refractivity contribution in [2.75, 3.05) is 30.9 Å². The van der Waals surface area contributed by atoms with Crippen LogP contribution in [0.5, 0.6) is 0 Å². The van der Waals surface area contributed by atoms with Crippen LogP contribution in [-0.4, -0.2) is 35.5 Å². The minimum Gasteiger partial charge on any atom is -0.367 e. The van der Waals surface area contributed by atoms with Crippen LogP contribution >= 0.6 is 0 Å². The predicted octanol–water partition coefficient (Wildman–Crippen LogP) is 1.27. The van der Waals surface area contributed by atoms with E-state index < -0.39 is 4.92 Å². The third-order valence-corrected chi connectivity index (χ3v) is 2.14. The fourth-order valence-electron chi connectivity index (χ4n) is 1.44. The summed E-state index contributed by atoms with van der Waals surface area (Å²) in [7, 11) is 3.37. The average molecular weight is 225 g/mol. The summed E-state index contributed by atoms with van der Waals surface area (Å²) in [5.41, 5.74) is -0.0825. The molecule has 0 bridgehead atoms. The Bertz CT molecular complexity index is 382. The molecule has 0 spiro atoms. The Morgan fingerprint density at radius 2 is 2.25 bits per heavy atom. The molecule has 7 heteroatoms. The van der Waals surface area contributed by atoms with Gasteiger partial charge in [-0.05, 0) is 6.42 Å². The van der Waals surface area contributed by atoms with E-state index in [1.807, 2.05) is 6.92 Å². The minimum absolute atomic E-state index is 0.0825. The topological polar surface area (TPSA) is 84.2 Å². The molecule has 0 aliphatic heterocycles. The maximum absolute atomic E-state index is 11.0. The van der Waals surface area contributed by atoms with Crippen molar-refractivity contribution in [2.24, 2.45) is 0 Å². The molecule has 0 aliphatic rings. The molecule has 7 nitrogen and oxygen atoms in total. The fraction of sp³-hybridized carbons (Fsp3) is 0.556. The molecule has 0 fully saturated rings. The van der Waals surface area contributed by atoms with Crippen LogP contribution in [0.4, 0.5) is 17.3 Å². The van der Waals surface area contributed by atoms with Crippen LogP contribution in [-0.2, 0) is 0 Å². The number of hydrogen-bond acceptors (Lipinski definition) is 6. The highest BCUT2D eigenvalue weighted by Crippen LogP contribution is 2.30. The Labute approximate surface area is 93.7 Å². The van der Waals surface area contributed by atoms with Crippen molar-refractivity contribution >= 4 is 17.3 Å². The van der Waals surface area contributed by atoms with E-state index in [4.69, 9.17) is 0 Å². The third-order valence-electron chi connectivity index (χ3n) is 2.14. The summed E-state index contributed by atoms with van der Waals surface area (Å²) < 4.78 is 0. The Hall–Kier alpha value is -1.92. The summed E-state index contributed by atoms with van der Waals surface area (Å²) in [6.07, 6.45) is 2.22. The van der Waals surface area contributed by atoms with E-state index in [1.54, 1.807) is 19.0 Å². The van der Waals surface area contributed by atoms with Crippen molar-refractivity contribution in [1.29, 1.82) is 0 Å². The van der Waals surface area contributed by atoms with E-state index >= 15 is 0 Å². The van der Waals surface area contributed by atoms with Crippen molar-refractivity contribution in [1.82, 2.24) is 9.97 Å². The van der Waals surface area contributed by atoms with Gasteiger partial charge in [0.15, 0.2) is 0 Å². The number of anilines is 2. The van der Waals surface area contributed by atoms with Crippen molar-refractivity contribution in [3.8, 4) is 0 Å². The maximum Gasteiger partial charge on any atom is 0.353 e. The number of rotatable bonds is 5. The van der Waals surface area contributed by atoms with Crippen LogP contribution in [0.2, 0.25) is 0 Å². The van der Waals surface area contributed by atoms with Gasteiger partial charge in [-0.3, -0.25) is 10.1 Å². The van der Waals surface area contributed by atoms with Crippen LogP contribution in [0.25, 0.3) is 0 Å². The molecule has 0 atom stereocenters. The summed E-state index contributed by atoms with van der Waals surface area (Å²) in [4.78, 5) is 20.0. The quantitative estimate of drug-likeness (QED) is 0.600. The molecule has 1 N–H and O–H groups in total. The molecule has 1 rings (SSSR count). The summed E-state index contributed by atoms with van der Waals surface area (Å²) in [6, 6.07) is 0. The minimum atomic E-state index is -0.465. The lowest BCUT2D eigenvalue weighted by Gasteiger charge is -2.17. The van der Waals surface area contributed by atoms with Crippen molar-refractivity contribution < 1.29 is 4.92 Å². The molecule has 0 unspecified atom stereocenters. The van der Waals surface area contributed by atoms with Gasteiger partial charge in [0.25, 0.3) is 0 Å². The van der Waals surface area contributed by atoms with E-state index in [-0.39, 0.29) is 11.5 Å². The van der Waals surface area contributed by atoms with Crippen LogP contribution in [0.3, 0.4) is 0 Å². The Morgan fingerprint density at radius 1 is 1.56 bits per heavy atom. The van der Waals surface area contributed by atoms with E-state index in [1.165, 1.54) is 6.33 Å². The van der Waals surface area contributed by atoms with Crippen LogP contribution in [0.15, 0.2) is 6.33 Å². The zero-order chi connectivity index (χ0) is 12.1. The van der Waals surface area contributed by atoms with Gasteiger partial charge in [-0.2, -0.15) is 0 Å². The summed E-state index contributed by atoms with van der Waals surface area (Å²) in [5.74, 6) is 0.573. The first-order valence-corrected chi connectivity index (χ1v) is 5.00. The predicted molar refractivity (Wildman–Crippen MR) is 61.8 cm³/mol. The monoisotopic (exact) mass is 225 g/mol. The Balaban J connectivity index is 3.21. The lowest BCUT2D eigenvalue weighted by Crippen LogP contribution is -2.21. The second-order valence-electron chi connectivity index (χ2n) is 3.32. The van der Waals surface area contributed by atoms with E-state index in [0.29, 0.717) is 12.4 Å². The standard InChI is InChI=1S/C9H15N5O2/c1-4-5-13(3)9-7(14(15)16)8(10-2)11-6-12-9/h6H,4-5H2,1-3H3,(H,10,11,12). The highest BCUT2D eigenvalue weighted by atomic mass is 16.6. The van der Waals surface area contributed by atoms with E-state index in [2.05, 4.69) is 15.3 Å². The third kappa shape index (κ3) is 2.36. The lowest BCUT2D eigenvalue weighted by molar-refractivity contribution is -0.383. The molecule has 1 heterocycles. The molecule has 0 radical (unpaired) electrons. The normalized spacial score (nSPS) is 9.94. The second kappa shape index (κ2) is 5.24. The van der Waals surface area contributed by atoms with E-state index in [0.717, 1.165) is 6.42 Å². The highest BCUT2D eigenvalue weighted by Gasteiger charge is 2.24. The molecule has 0 aromatic carbocycles. The van der Waals surface area contributed by atoms with E-state index in [9.17, 15) is 10.1 Å². The molecule has 1 aromatic rings. The second-order valence-corrected chi connectivity index (χ2v) is 3.32. The molecule has 0 saturated heterocycles. The first kappa shape index (κ1) is 12.2. The lowest BCUT2D eigenvalue weighted by atomic mass is 10.3. The van der Waals surface area contributed by atoms with Crippen molar-refractivity contribution in [2.45, 2.75) is 13.3 Å². The SMILES string of the molecule is CCCN(C)c1ncnc(NC)c1[N+](=O)[O-]. The first-order valence-electron chi connectivity index (χ1n) is 5.00. The highest BCUT2D eigenvalue weighted by molar-refractivity contribution is 5.69. The van der Waals surface area contributed by atoms with Gasteiger partial charge >= 0.3 is 5.69 Å². The molecule has 0 saturated carbocycles. The van der Waals surface area contributed by atoms with Gasteiger partial charge in [0.1, 0.15) is 6.33 Å². The zero-order valence-corrected chi connectivity index (χ0v) is 9.60. The van der Waals surface area contributed by atoms with Gasteiger partial charge in [0.05, 0.1) is 4.92 Å². The largest absolute Gasteiger partial charge is 0.367 e. The molecule has 88 valence electrons. The smallest absolute Gasteiger partial charge is 0.353 e. The zero-order valence-electron chi connectivity index (χ0n) is 9.60. The molecule has 0 aliphatic carbocycles. The van der Waals surface area contributed by atoms with Gasteiger partial charge in [0.2, 0.25) is 11.6 Å². The van der Waals surface area contributed by atoms with Gasteiger partial charge in [0, 0.05) is 20.6 Å². The molecular weight excluding hydrogens is 210 g/mol. The van der Waals surface area contributed by atoms with Gasteiger partial charge in [-0.1, -0.05) is 6.92 Å². The summed E-state index contributed by atoms with van der Waals surface area (Å²) in [5, 5.41) is 13.7. The number of nitrogens with zero attached hydrogens (tertiary/aromatic N) is 4. The van der Waals surface area contributed by atoms with Crippen LogP contribution in [0.1, 0.15) is 13.3 Å². The number of hydrogen-bond donors (Lipinski definition) is 1. The first-order chi connectivity index (χ1) is 7.61. The number of nitro groups is 1. The van der Waals surface area contributed by atoms with Gasteiger partial charge < -0.3 is 10.2 Å². The van der Waals surface area contributed by atoms with Crippen LogP contribution in [0, 0.1) is 10.1 Å². The van der Waals surface area contributed by atoms with Crippen molar-refractivity contribution in [3.63, 3.8) is 0 Å². The molecule has 0 amide bonds. The average Bonchev–Trinajstić information content (AvgIpc) is 2.28. The maximum atomic E-state index is 11.0. The molecular formula is C9H15N5O2. The molecule has 16 heavy (non-hydrogen) atoms. The number of aromatic nitrogens is 2. The fourth-order valence-corrected chi connectivity index (χ4v) is 1.44. The van der Waals surface area contributed by atoms with Gasteiger partial charge in [-0.25, -0.2) is 9.97 Å². The Kier molecular flexibility index (Phi) is 3.98. The van der Waals surface area contributed by atoms with Crippen molar-refractivity contribution in [3.05, 3.63) is 16.4 Å². The summed E-state index contributed by atoms with van der Waals surface area (Å²) in [6.45, 7) is 2.71.